The predicted molar refractivity (Wildman–Crippen MR) is 83.9 cm³/mol. The Morgan fingerprint density at radius 2 is 2.05 bits per heavy atom. The fraction of sp³-hybridized carbons (Fsp3) is 0.800. The molecule has 1 unspecified atom stereocenters. The molecule has 0 saturated heterocycles. The lowest BCUT2D eigenvalue weighted by Crippen LogP contribution is -2.53. The van der Waals surface area contributed by atoms with Gasteiger partial charge >= 0.3 is 0 Å². The van der Waals surface area contributed by atoms with E-state index in [0.29, 0.717) is 6.42 Å². The second-order valence-corrected chi connectivity index (χ2v) is 5.60. The zero-order valence-corrected chi connectivity index (χ0v) is 13.8. The van der Waals surface area contributed by atoms with Crippen molar-refractivity contribution in [3.05, 3.63) is 11.6 Å². The minimum Gasteiger partial charge on any atom is -0.368 e. The number of aromatic nitrogens is 3. The second kappa shape index (κ2) is 8.12. The van der Waals surface area contributed by atoms with E-state index in [1.54, 1.807) is 0 Å². The van der Waals surface area contributed by atoms with Gasteiger partial charge in [0.2, 0.25) is 5.91 Å². The third-order valence-electron chi connectivity index (χ3n) is 3.78. The van der Waals surface area contributed by atoms with E-state index in [1.807, 2.05) is 11.6 Å². The van der Waals surface area contributed by atoms with Crippen molar-refractivity contribution in [1.82, 2.24) is 20.1 Å². The Kier molecular flexibility index (Phi) is 6.81. The van der Waals surface area contributed by atoms with Crippen LogP contribution >= 0.6 is 0 Å². The summed E-state index contributed by atoms with van der Waals surface area (Å²) in [5.74, 6) is 1.60. The van der Waals surface area contributed by atoms with Crippen LogP contribution in [-0.4, -0.2) is 32.8 Å². The van der Waals surface area contributed by atoms with Crippen molar-refractivity contribution < 1.29 is 4.79 Å². The first-order valence-corrected chi connectivity index (χ1v) is 7.94. The molecule has 0 aliphatic carbocycles. The van der Waals surface area contributed by atoms with E-state index in [1.165, 1.54) is 0 Å². The van der Waals surface area contributed by atoms with Crippen LogP contribution in [0.25, 0.3) is 0 Å². The number of hydrogen-bond acceptors (Lipinski definition) is 4. The van der Waals surface area contributed by atoms with E-state index in [0.717, 1.165) is 50.4 Å². The molecule has 3 N–H and O–H groups in total. The van der Waals surface area contributed by atoms with Crippen LogP contribution in [0.4, 0.5) is 0 Å². The summed E-state index contributed by atoms with van der Waals surface area (Å²) in [6.07, 6.45) is 4.24. The fourth-order valence-electron chi connectivity index (χ4n) is 2.30. The highest BCUT2D eigenvalue weighted by molar-refractivity contribution is 5.84. The monoisotopic (exact) mass is 295 g/mol. The number of hydrogen-bond donors (Lipinski definition) is 2. The molecule has 21 heavy (non-hydrogen) atoms. The molecule has 6 nitrogen and oxygen atoms in total. The molecule has 120 valence electrons. The normalized spacial score (nSPS) is 14.1. The molecule has 0 aliphatic rings. The van der Waals surface area contributed by atoms with Crippen LogP contribution in [0.2, 0.25) is 0 Å². The molecule has 1 amide bonds. The average molecular weight is 295 g/mol. The number of carbonyl (C=O) groups excluding carboxylic acids is 1. The molecule has 1 rings (SSSR count). The molecule has 1 aromatic rings. The van der Waals surface area contributed by atoms with Crippen molar-refractivity contribution in [1.29, 1.82) is 0 Å². The molecule has 1 aromatic heterocycles. The van der Waals surface area contributed by atoms with Crippen molar-refractivity contribution in [3.8, 4) is 0 Å². The van der Waals surface area contributed by atoms with Crippen LogP contribution in [0.1, 0.15) is 58.6 Å². The molecule has 0 fully saturated rings. The summed E-state index contributed by atoms with van der Waals surface area (Å²) in [5.41, 5.74) is 4.89. The van der Waals surface area contributed by atoms with Gasteiger partial charge in [-0.3, -0.25) is 4.79 Å². The zero-order chi connectivity index (χ0) is 15.9. The maximum Gasteiger partial charge on any atom is 0.237 e. The molecule has 0 aliphatic heterocycles. The van der Waals surface area contributed by atoms with Gasteiger partial charge in [-0.2, -0.15) is 5.10 Å². The van der Waals surface area contributed by atoms with Gasteiger partial charge in [0.15, 0.2) is 5.82 Å². The van der Waals surface area contributed by atoms with Crippen LogP contribution in [0.5, 0.6) is 0 Å². The standard InChI is InChI=1S/C15H29N5O/c1-5-10-17-15(4,14(16)21)9-8-11-20-13(7-3)18-12(6-2)19-20/h17H,5-11H2,1-4H3,(H2,16,21). The number of amides is 1. The summed E-state index contributed by atoms with van der Waals surface area (Å²) in [6.45, 7) is 9.65. The van der Waals surface area contributed by atoms with E-state index >= 15 is 0 Å². The molecule has 0 radical (unpaired) electrons. The highest BCUT2D eigenvalue weighted by atomic mass is 16.1. The van der Waals surface area contributed by atoms with Gasteiger partial charge in [0.25, 0.3) is 0 Å². The third kappa shape index (κ3) is 4.81. The van der Waals surface area contributed by atoms with Gasteiger partial charge in [-0.1, -0.05) is 20.8 Å². The molecule has 1 atom stereocenters. The highest BCUT2D eigenvalue weighted by Gasteiger charge is 2.29. The Labute approximate surface area is 127 Å². The molecule has 6 heteroatoms. The smallest absolute Gasteiger partial charge is 0.237 e. The number of nitrogens with zero attached hydrogens (tertiary/aromatic N) is 3. The Hall–Kier alpha value is -1.43. The van der Waals surface area contributed by atoms with Crippen molar-refractivity contribution >= 4 is 5.91 Å². The maximum absolute atomic E-state index is 11.7. The molecule has 0 saturated carbocycles. The number of nitrogens with one attached hydrogen (secondary N) is 1. The van der Waals surface area contributed by atoms with Crippen molar-refractivity contribution in [2.45, 2.75) is 71.9 Å². The average Bonchev–Trinajstić information content (AvgIpc) is 2.87. The molecular weight excluding hydrogens is 266 g/mol. The van der Waals surface area contributed by atoms with Crippen molar-refractivity contribution in [3.63, 3.8) is 0 Å². The largest absolute Gasteiger partial charge is 0.368 e. The molecular formula is C15H29N5O. The molecule has 0 spiro atoms. The first kappa shape index (κ1) is 17.6. The van der Waals surface area contributed by atoms with E-state index < -0.39 is 5.54 Å². The SMILES string of the molecule is CCCNC(C)(CCCn1nc(CC)nc1CC)C(N)=O. The lowest BCUT2D eigenvalue weighted by atomic mass is 9.94. The van der Waals surface area contributed by atoms with Gasteiger partial charge in [-0.25, -0.2) is 9.67 Å². The van der Waals surface area contributed by atoms with E-state index in [2.05, 4.69) is 36.2 Å². The van der Waals surface area contributed by atoms with E-state index in [9.17, 15) is 4.79 Å². The van der Waals surface area contributed by atoms with Gasteiger partial charge < -0.3 is 11.1 Å². The minimum absolute atomic E-state index is 0.292. The van der Waals surface area contributed by atoms with Crippen LogP contribution < -0.4 is 11.1 Å². The fourth-order valence-corrected chi connectivity index (χ4v) is 2.30. The maximum atomic E-state index is 11.7. The number of aryl methyl sites for hydroxylation is 3. The third-order valence-corrected chi connectivity index (χ3v) is 3.78. The first-order valence-electron chi connectivity index (χ1n) is 7.94. The Bertz CT molecular complexity index is 457. The topological polar surface area (TPSA) is 85.8 Å². The number of primary amides is 1. The van der Waals surface area contributed by atoms with Crippen molar-refractivity contribution in [2.24, 2.45) is 5.73 Å². The summed E-state index contributed by atoms with van der Waals surface area (Å²) in [7, 11) is 0. The van der Waals surface area contributed by atoms with Gasteiger partial charge in [0, 0.05) is 19.4 Å². The minimum atomic E-state index is -0.642. The van der Waals surface area contributed by atoms with Crippen LogP contribution in [0.3, 0.4) is 0 Å². The van der Waals surface area contributed by atoms with Crippen molar-refractivity contribution in [2.75, 3.05) is 6.54 Å². The first-order chi connectivity index (χ1) is 9.96. The van der Waals surface area contributed by atoms with Crippen LogP contribution in [0.15, 0.2) is 0 Å². The quantitative estimate of drug-likeness (QED) is 0.683. The van der Waals surface area contributed by atoms with Gasteiger partial charge in [-0.05, 0) is 32.7 Å². The van der Waals surface area contributed by atoms with E-state index in [-0.39, 0.29) is 5.91 Å². The second-order valence-electron chi connectivity index (χ2n) is 5.60. The number of carbonyl (C=O) groups is 1. The van der Waals surface area contributed by atoms with Crippen LogP contribution in [-0.2, 0) is 24.2 Å². The lowest BCUT2D eigenvalue weighted by Gasteiger charge is -2.27. The molecule has 1 heterocycles. The predicted octanol–water partition coefficient (Wildman–Crippen LogP) is 1.43. The summed E-state index contributed by atoms with van der Waals surface area (Å²) < 4.78 is 1.96. The zero-order valence-electron chi connectivity index (χ0n) is 13.8. The Morgan fingerprint density at radius 3 is 2.57 bits per heavy atom. The number of rotatable bonds is 10. The summed E-state index contributed by atoms with van der Waals surface area (Å²) in [4.78, 5) is 16.2. The summed E-state index contributed by atoms with van der Waals surface area (Å²) in [6, 6.07) is 0. The van der Waals surface area contributed by atoms with Gasteiger partial charge in [0.1, 0.15) is 5.82 Å². The molecule has 0 aromatic carbocycles. The number of nitrogens with two attached hydrogens (primary N) is 1. The summed E-state index contributed by atoms with van der Waals surface area (Å²) >= 11 is 0. The lowest BCUT2D eigenvalue weighted by molar-refractivity contribution is -0.124. The Balaban J connectivity index is 2.61. The Morgan fingerprint density at radius 1 is 1.33 bits per heavy atom. The van der Waals surface area contributed by atoms with Gasteiger partial charge in [-0.15, -0.1) is 0 Å². The van der Waals surface area contributed by atoms with Gasteiger partial charge in [0.05, 0.1) is 5.54 Å². The highest BCUT2D eigenvalue weighted by Crippen LogP contribution is 2.14. The van der Waals surface area contributed by atoms with Crippen LogP contribution in [0, 0.1) is 0 Å². The molecule has 0 bridgehead atoms. The summed E-state index contributed by atoms with van der Waals surface area (Å²) in [5, 5.41) is 7.75. The van der Waals surface area contributed by atoms with E-state index in [4.69, 9.17) is 5.73 Å².